The van der Waals surface area contributed by atoms with Crippen LogP contribution in [0.25, 0.3) is 0 Å². The number of hydrogen-bond donors (Lipinski definition) is 2. The molecule has 3 nitrogen and oxygen atoms in total. The minimum Gasteiger partial charge on any atom is -0.506 e. The molecule has 2 unspecified atom stereocenters. The molecule has 0 aromatic heterocycles. The molecule has 2 atom stereocenters. The van der Waals surface area contributed by atoms with Crippen molar-refractivity contribution in [2.45, 2.75) is 25.6 Å². The highest BCUT2D eigenvalue weighted by atomic mass is 35.5. The number of aryl methyl sites for hydroxylation is 1. The number of phenolic OH excluding ortho intramolecular Hbond substituents is 1. The van der Waals surface area contributed by atoms with Gasteiger partial charge in [-0.3, -0.25) is 0 Å². The predicted octanol–water partition coefficient (Wildman–Crippen LogP) is 3.91. The molecule has 1 aliphatic heterocycles. The SMILES string of the molecule is Cc1ccc2c(c1)C(O)CC(c1ccc(O)c(Cl)c1)O2. The van der Waals surface area contributed by atoms with Crippen LogP contribution in [0, 0.1) is 6.92 Å². The van der Waals surface area contributed by atoms with Gasteiger partial charge in [-0.25, -0.2) is 0 Å². The van der Waals surface area contributed by atoms with E-state index >= 15 is 0 Å². The Hall–Kier alpha value is -1.71. The van der Waals surface area contributed by atoms with Crippen LogP contribution in [0.15, 0.2) is 36.4 Å². The zero-order valence-corrected chi connectivity index (χ0v) is 11.8. The molecule has 0 saturated heterocycles. The fraction of sp³-hybridized carbons (Fsp3) is 0.250. The maximum absolute atomic E-state index is 10.3. The third-order valence-electron chi connectivity index (χ3n) is 3.57. The van der Waals surface area contributed by atoms with Gasteiger partial charge in [-0.15, -0.1) is 0 Å². The van der Waals surface area contributed by atoms with Crippen LogP contribution in [-0.4, -0.2) is 10.2 Å². The second kappa shape index (κ2) is 5.00. The molecular formula is C16H15ClO3. The van der Waals surface area contributed by atoms with Gasteiger partial charge in [0.1, 0.15) is 17.6 Å². The summed E-state index contributed by atoms with van der Waals surface area (Å²) in [6, 6.07) is 10.8. The highest BCUT2D eigenvalue weighted by Crippen LogP contribution is 2.42. The topological polar surface area (TPSA) is 49.7 Å². The highest BCUT2D eigenvalue weighted by Gasteiger charge is 2.28. The number of ether oxygens (including phenoxy) is 1. The van der Waals surface area contributed by atoms with E-state index in [1.54, 1.807) is 12.1 Å². The largest absolute Gasteiger partial charge is 0.506 e. The van der Waals surface area contributed by atoms with Gasteiger partial charge in [-0.05, 0) is 36.8 Å². The number of aliphatic hydroxyl groups is 1. The van der Waals surface area contributed by atoms with E-state index in [1.807, 2.05) is 25.1 Å². The lowest BCUT2D eigenvalue weighted by atomic mass is 9.94. The molecule has 4 heteroatoms. The van der Waals surface area contributed by atoms with Gasteiger partial charge in [-0.1, -0.05) is 29.3 Å². The smallest absolute Gasteiger partial charge is 0.134 e. The summed E-state index contributed by atoms with van der Waals surface area (Å²) in [5, 5.41) is 20.0. The Labute approximate surface area is 122 Å². The van der Waals surface area contributed by atoms with Crippen LogP contribution in [0.5, 0.6) is 11.5 Å². The van der Waals surface area contributed by atoms with E-state index in [-0.39, 0.29) is 16.9 Å². The second-order valence-electron chi connectivity index (χ2n) is 5.11. The molecule has 2 N–H and O–H groups in total. The van der Waals surface area contributed by atoms with Gasteiger partial charge in [0.2, 0.25) is 0 Å². The number of aliphatic hydroxyl groups excluding tert-OH is 1. The van der Waals surface area contributed by atoms with Crippen molar-refractivity contribution >= 4 is 11.6 Å². The quantitative estimate of drug-likeness (QED) is 0.837. The summed E-state index contributed by atoms with van der Waals surface area (Å²) >= 11 is 5.92. The van der Waals surface area contributed by atoms with E-state index in [0.717, 1.165) is 16.7 Å². The first-order valence-electron chi connectivity index (χ1n) is 6.48. The van der Waals surface area contributed by atoms with E-state index in [1.165, 1.54) is 6.07 Å². The monoisotopic (exact) mass is 290 g/mol. The van der Waals surface area contributed by atoms with Crippen LogP contribution in [0.1, 0.15) is 35.3 Å². The van der Waals surface area contributed by atoms with Crippen LogP contribution in [-0.2, 0) is 0 Å². The van der Waals surface area contributed by atoms with Crippen molar-refractivity contribution in [3.63, 3.8) is 0 Å². The molecule has 0 aliphatic carbocycles. The molecule has 2 aromatic carbocycles. The van der Waals surface area contributed by atoms with Gasteiger partial charge in [0.25, 0.3) is 0 Å². The van der Waals surface area contributed by atoms with Crippen molar-refractivity contribution in [3.8, 4) is 11.5 Å². The van der Waals surface area contributed by atoms with Crippen molar-refractivity contribution in [2.75, 3.05) is 0 Å². The van der Waals surface area contributed by atoms with E-state index < -0.39 is 6.10 Å². The van der Waals surface area contributed by atoms with Crippen molar-refractivity contribution < 1.29 is 14.9 Å². The van der Waals surface area contributed by atoms with Gasteiger partial charge < -0.3 is 14.9 Å². The first-order chi connectivity index (χ1) is 9.54. The van der Waals surface area contributed by atoms with Crippen LogP contribution < -0.4 is 4.74 Å². The van der Waals surface area contributed by atoms with Crippen LogP contribution in [0.3, 0.4) is 0 Å². The molecule has 2 aromatic rings. The maximum atomic E-state index is 10.3. The first-order valence-corrected chi connectivity index (χ1v) is 6.86. The van der Waals surface area contributed by atoms with E-state index in [9.17, 15) is 10.2 Å². The number of rotatable bonds is 1. The molecule has 20 heavy (non-hydrogen) atoms. The predicted molar refractivity (Wildman–Crippen MR) is 77.2 cm³/mol. The zero-order chi connectivity index (χ0) is 14.3. The lowest BCUT2D eigenvalue weighted by molar-refractivity contribution is 0.0657. The van der Waals surface area contributed by atoms with Crippen molar-refractivity contribution in [1.29, 1.82) is 0 Å². The van der Waals surface area contributed by atoms with Gasteiger partial charge in [-0.2, -0.15) is 0 Å². The third kappa shape index (κ3) is 2.35. The molecular weight excluding hydrogens is 276 g/mol. The Morgan fingerprint density at radius 2 is 2.00 bits per heavy atom. The summed E-state index contributed by atoms with van der Waals surface area (Å²) in [6.45, 7) is 1.98. The molecule has 1 heterocycles. The minimum absolute atomic E-state index is 0.0443. The Kier molecular flexibility index (Phi) is 3.32. The Morgan fingerprint density at radius 3 is 2.75 bits per heavy atom. The summed E-state index contributed by atoms with van der Waals surface area (Å²) < 4.78 is 5.94. The Morgan fingerprint density at radius 1 is 1.20 bits per heavy atom. The lowest BCUT2D eigenvalue weighted by Gasteiger charge is -2.30. The standard InChI is InChI=1S/C16H15ClO3/c1-9-2-5-15-11(6-9)14(19)8-16(20-15)10-3-4-13(18)12(17)7-10/h2-7,14,16,18-19H,8H2,1H3. The normalized spacial score (nSPS) is 21.1. The molecule has 0 amide bonds. The first kappa shape index (κ1) is 13.3. The summed E-state index contributed by atoms with van der Waals surface area (Å²) in [7, 11) is 0. The molecule has 1 aliphatic rings. The minimum atomic E-state index is -0.559. The lowest BCUT2D eigenvalue weighted by Crippen LogP contribution is -2.19. The molecule has 0 bridgehead atoms. The van der Waals surface area contributed by atoms with Crippen LogP contribution in [0.4, 0.5) is 0 Å². The Bertz CT molecular complexity index is 654. The summed E-state index contributed by atoms with van der Waals surface area (Å²) in [5.41, 5.74) is 2.77. The molecule has 0 saturated carbocycles. The highest BCUT2D eigenvalue weighted by molar-refractivity contribution is 6.32. The maximum Gasteiger partial charge on any atom is 0.134 e. The van der Waals surface area contributed by atoms with Gasteiger partial charge in [0.15, 0.2) is 0 Å². The van der Waals surface area contributed by atoms with Crippen LogP contribution >= 0.6 is 11.6 Å². The number of aromatic hydroxyl groups is 1. The van der Waals surface area contributed by atoms with Crippen molar-refractivity contribution in [3.05, 3.63) is 58.1 Å². The van der Waals surface area contributed by atoms with Gasteiger partial charge in [0, 0.05) is 12.0 Å². The van der Waals surface area contributed by atoms with Gasteiger partial charge >= 0.3 is 0 Å². The Balaban J connectivity index is 1.94. The molecule has 0 radical (unpaired) electrons. The van der Waals surface area contributed by atoms with E-state index in [4.69, 9.17) is 16.3 Å². The number of fused-ring (bicyclic) bond motifs is 1. The van der Waals surface area contributed by atoms with Crippen molar-refractivity contribution in [2.24, 2.45) is 0 Å². The van der Waals surface area contributed by atoms with Crippen molar-refractivity contribution in [1.82, 2.24) is 0 Å². The molecule has 0 fully saturated rings. The third-order valence-corrected chi connectivity index (χ3v) is 3.88. The molecule has 0 spiro atoms. The molecule has 104 valence electrons. The molecule has 3 rings (SSSR count). The average Bonchev–Trinajstić information content (AvgIpc) is 2.42. The fourth-order valence-corrected chi connectivity index (χ4v) is 2.68. The number of hydrogen-bond acceptors (Lipinski definition) is 3. The average molecular weight is 291 g/mol. The van der Waals surface area contributed by atoms with Crippen LogP contribution in [0.2, 0.25) is 5.02 Å². The van der Waals surface area contributed by atoms with Gasteiger partial charge in [0.05, 0.1) is 11.1 Å². The van der Waals surface area contributed by atoms with E-state index in [0.29, 0.717) is 12.2 Å². The summed E-state index contributed by atoms with van der Waals surface area (Å²) in [4.78, 5) is 0. The number of phenols is 1. The second-order valence-corrected chi connectivity index (χ2v) is 5.52. The number of halogens is 1. The number of benzene rings is 2. The summed E-state index contributed by atoms with van der Waals surface area (Å²) in [5.74, 6) is 0.742. The summed E-state index contributed by atoms with van der Waals surface area (Å²) in [6.07, 6.45) is -0.355. The fourth-order valence-electron chi connectivity index (χ4n) is 2.49. The van der Waals surface area contributed by atoms with E-state index in [2.05, 4.69) is 0 Å². The zero-order valence-electron chi connectivity index (χ0n) is 11.0.